The molecule has 1 atom stereocenters. The van der Waals surface area contributed by atoms with Gasteiger partial charge in [0.2, 0.25) is 0 Å². The van der Waals surface area contributed by atoms with Crippen LogP contribution < -0.4 is 4.74 Å². The van der Waals surface area contributed by atoms with Crippen LogP contribution in [0.15, 0.2) is 30.3 Å². The Morgan fingerprint density at radius 1 is 1.20 bits per heavy atom. The summed E-state index contributed by atoms with van der Waals surface area (Å²) < 4.78 is 26.3. The van der Waals surface area contributed by atoms with E-state index in [2.05, 4.69) is 6.07 Å². The number of hydrogen-bond acceptors (Lipinski definition) is 4. The molecule has 0 bridgehead atoms. The van der Waals surface area contributed by atoms with Crippen LogP contribution >= 0.6 is 0 Å². The Labute approximate surface area is 148 Å². The number of ether oxygens (including phenoxy) is 2. The molecule has 25 heavy (non-hydrogen) atoms. The Hall–Kier alpha value is -2.13. The Balaban J connectivity index is 1.99. The van der Waals surface area contributed by atoms with E-state index in [0.717, 1.165) is 19.3 Å². The number of para-hydroxylation sites is 1. The Morgan fingerprint density at radius 2 is 1.88 bits per heavy atom. The number of nitrogens with zero attached hydrogens (tertiary/aromatic N) is 2. The molecule has 1 unspecified atom stereocenters. The number of carbonyl (C=O) groups is 1. The number of unbranched alkanes of at least 4 members (excludes halogenated alkanes) is 4. The number of amides is 1. The molecule has 1 aliphatic rings. The SMILES string of the molecule is N#CCCCCCCC(F)(Oc1ccccc1)C(=O)N1CCOCC1. The molecule has 1 aliphatic heterocycles. The fraction of sp³-hybridized carbons (Fsp3) is 0.579. The van der Waals surface area contributed by atoms with Crippen LogP contribution in [-0.4, -0.2) is 43.0 Å². The summed E-state index contributed by atoms with van der Waals surface area (Å²) in [5.41, 5.74) is 0. The highest BCUT2D eigenvalue weighted by Crippen LogP contribution is 2.28. The van der Waals surface area contributed by atoms with Gasteiger partial charge in [0.1, 0.15) is 5.75 Å². The highest BCUT2D eigenvalue weighted by Gasteiger charge is 2.44. The zero-order chi connectivity index (χ0) is 18.0. The number of halogens is 1. The number of carbonyl (C=O) groups excluding carboxylic acids is 1. The van der Waals surface area contributed by atoms with Crippen LogP contribution in [0.2, 0.25) is 0 Å². The highest BCUT2D eigenvalue weighted by atomic mass is 19.2. The Kier molecular flexibility index (Phi) is 7.68. The van der Waals surface area contributed by atoms with Crippen molar-refractivity contribution in [2.24, 2.45) is 0 Å². The summed E-state index contributed by atoms with van der Waals surface area (Å²) in [7, 11) is 0. The molecule has 1 heterocycles. The zero-order valence-corrected chi connectivity index (χ0v) is 14.5. The average Bonchev–Trinajstić information content (AvgIpc) is 2.65. The molecule has 0 saturated carbocycles. The third kappa shape index (κ3) is 6.02. The fourth-order valence-corrected chi connectivity index (χ4v) is 2.79. The van der Waals surface area contributed by atoms with Crippen molar-refractivity contribution in [3.8, 4) is 11.8 Å². The Morgan fingerprint density at radius 3 is 2.56 bits per heavy atom. The Bertz CT molecular complexity index is 570. The minimum absolute atomic E-state index is 0.00460. The van der Waals surface area contributed by atoms with Gasteiger partial charge in [-0.15, -0.1) is 0 Å². The van der Waals surface area contributed by atoms with E-state index in [9.17, 15) is 4.79 Å². The van der Waals surface area contributed by atoms with Crippen molar-refractivity contribution in [3.63, 3.8) is 0 Å². The van der Waals surface area contributed by atoms with Crippen molar-refractivity contribution >= 4 is 5.91 Å². The molecule has 1 aromatic carbocycles. The predicted octanol–water partition coefficient (Wildman–Crippen LogP) is 3.45. The van der Waals surface area contributed by atoms with E-state index >= 15 is 4.39 Å². The van der Waals surface area contributed by atoms with Gasteiger partial charge in [-0.2, -0.15) is 9.65 Å². The van der Waals surface area contributed by atoms with Crippen molar-refractivity contribution in [1.82, 2.24) is 4.90 Å². The number of alkyl halides is 1. The second-order valence-electron chi connectivity index (χ2n) is 6.12. The summed E-state index contributed by atoms with van der Waals surface area (Å²) >= 11 is 0. The largest absolute Gasteiger partial charge is 0.450 e. The number of nitriles is 1. The molecular weight excluding hydrogens is 323 g/mol. The molecule has 136 valence electrons. The van der Waals surface area contributed by atoms with Crippen LogP contribution in [0, 0.1) is 11.3 Å². The number of rotatable bonds is 9. The normalized spacial score (nSPS) is 16.7. The molecule has 0 radical (unpaired) electrons. The molecule has 1 fully saturated rings. The van der Waals surface area contributed by atoms with Crippen molar-refractivity contribution < 1.29 is 18.7 Å². The topological polar surface area (TPSA) is 62.6 Å². The van der Waals surface area contributed by atoms with E-state index < -0.39 is 11.8 Å². The lowest BCUT2D eigenvalue weighted by Gasteiger charge is -2.34. The quantitative estimate of drug-likeness (QED) is 0.641. The number of hydrogen-bond donors (Lipinski definition) is 0. The van der Waals surface area contributed by atoms with Gasteiger partial charge >= 0.3 is 5.85 Å². The summed E-state index contributed by atoms with van der Waals surface area (Å²) in [5.74, 6) is -2.65. The minimum atomic E-state index is -2.37. The lowest BCUT2D eigenvalue weighted by molar-refractivity contribution is -0.171. The maximum absolute atomic E-state index is 15.5. The molecule has 5 nitrogen and oxygen atoms in total. The van der Waals surface area contributed by atoms with Gasteiger partial charge in [0, 0.05) is 25.9 Å². The molecule has 1 saturated heterocycles. The predicted molar refractivity (Wildman–Crippen MR) is 91.6 cm³/mol. The maximum atomic E-state index is 15.5. The molecule has 0 aromatic heterocycles. The van der Waals surface area contributed by atoms with Gasteiger partial charge in [-0.3, -0.25) is 4.79 Å². The van der Waals surface area contributed by atoms with Crippen molar-refractivity contribution in [2.75, 3.05) is 26.3 Å². The summed E-state index contributed by atoms with van der Waals surface area (Å²) in [6.45, 7) is 1.60. The van der Waals surface area contributed by atoms with E-state index in [-0.39, 0.29) is 6.42 Å². The first-order chi connectivity index (χ1) is 12.2. The molecule has 1 aromatic rings. The van der Waals surface area contributed by atoms with Crippen LogP contribution in [0.5, 0.6) is 5.75 Å². The lowest BCUT2D eigenvalue weighted by atomic mass is 10.0. The molecule has 1 amide bonds. The average molecular weight is 348 g/mol. The van der Waals surface area contributed by atoms with Gasteiger partial charge in [0.25, 0.3) is 5.91 Å². The molecule has 2 rings (SSSR count). The van der Waals surface area contributed by atoms with Gasteiger partial charge < -0.3 is 14.4 Å². The third-order valence-electron chi connectivity index (χ3n) is 4.18. The first kappa shape index (κ1) is 19.2. The van der Waals surface area contributed by atoms with Gasteiger partial charge in [-0.05, 0) is 25.0 Å². The van der Waals surface area contributed by atoms with Crippen LogP contribution in [0.3, 0.4) is 0 Å². The van der Waals surface area contributed by atoms with Crippen molar-refractivity contribution in [3.05, 3.63) is 30.3 Å². The highest BCUT2D eigenvalue weighted by molar-refractivity contribution is 5.84. The summed E-state index contributed by atoms with van der Waals surface area (Å²) in [6, 6.07) is 10.7. The number of morpholine rings is 1. The first-order valence-corrected chi connectivity index (χ1v) is 8.83. The summed E-state index contributed by atoms with van der Waals surface area (Å²) in [6.07, 6.45) is 3.46. The molecule has 0 spiro atoms. The second kappa shape index (κ2) is 10.00. The van der Waals surface area contributed by atoms with Gasteiger partial charge in [-0.25, -0.2) is 0 Å². The number of benzene rings is 1. The summed E-state index contributed by atoms with van der Waals surface area (Å²) in [4.78, 5) is 14.2. The van der Waals surface area contributed by atoms with Crippen molar-refractivity contribution in [1.29, 1.82) is 5.26 Å². The second-order valence-corrected chi connectivity index (χ2v) is 6.12. The molecule has 0 aliphatic carbocycles. The van der Waals surface area contributed by atoms with E-state index in [0.29, 0.717) is 44.9 Å². The van der Waals surface area contributed by atoms with Crippen LogP contribution in [-0.2, 0) is 9.53 Å². The molecule has 6 heteroatoms. The van der Waals surface area contributed by atoms with Crippen molar-refractivity contribution in [2.45, 2.75) is 44.4 Å². The monoisotopic (exact) mass is 348 g/mol. The maximum Gasteiger partial charge on any atom is 0.326 e. The molecular formula is C19H25FN2O3. The van der Waals surface area contributed by atoms with Crippen LogP contribution in [0.4, 0.5) is 4.39 Å². The van der Waals surface area contributed by atoms with Crippen LogP contribution in [0.1, 0.15) is 38.5 Å². The fourth-order valence-electron chi connectivity index (χ4n) is 2.79. The zero-order valence-electron chi connectivity index (χ0n) is 14.5. The lowest BCUT2D eigenvalue weighted by Crippen LogP contribution is -2.53. The van der Waals surface area contributed by atoms with Gasteiger partial charge in [-0.1, -0.05) is 31.0 Å². The van der Waals surface area contributed by atoms with Gasteiger partial charge in [0.15, 0.2) is 0 Å². The first-order valence-electron chi connectivity index (χ1n) is 8.83. The molecule has 0 N–H and O–H groups in total. The van der Waals surface area contributed by atoms with Crippen LogP contribution in [0.25, 0.3) is 0 Å². The summed E-state index contributed by atoms with van der Waals surface area (Å²) in [5, 5.41) is 8.54. The standard InChI is InChI=1S/C19H25FN2O3/c20-19(11-7-2-1-3-8-12-21,25-17-9-5-4-6-10-17)18(23)22-13-15-24-16-14-22/h4-6,9-10H,1-3,7-8,11,13-16H2. The van der Waals surface area contributed by atoms with E-state index in [1.54, 1.807) is 24.3 Å². The third-order valence-corrected chi connectivity index (χ3v) is 4.18. The smallest absolute Gasteiger partial charge is 0.326 e. The minimum Gasteiger partial charge on any atom is -0.450 e. The van der Waals surface area contributed by atoms with Gasteiger partial charge in [0.05, 0.1) is 19.3 Å². The van der Waals surface area contributed by atoms with E-state index in [1.807, 2.05) is 6.07 Å². The van der Waals surface area contributed by atoms with E-state index in [4.69, 9.17) is 14.7 Å². The van der Waals surface area contributed by atoms with E-state index in [1.165, 1.54) is 4.90 Å².